The van der Waals surface area contributed by atoms with Crippen LogP contribution < -0.4 is 10.5 Å². The van der Waals surface area contributed by atoms with E-state index in [0.717, 1.165) is 47.7 Å². The molecule has 0 bridgehead atoms. The van der Waals surface area contributed by atoms with Crippen LogP contribution in [0.15, 0.2) is 36.8 Å². The summed E-state index contributed by atoms with van der Waals surface area (Å²) in [7, 11) is 1.58. The van der Waals surface area contributed by atoms with E-state index in [9.17, 15) is 4.79 Å². The average molecular weight is 538 g/mol. The zero-order valence-corrected chi connectivity index (χ0v) is 21.9. The first-order valence-corrected chi connectivity index (χ1v) is 12.9. The molecule has 1 aliphatic heterocycles. The molecule has 190 valence electrons. The number of imidazole rings is 1. The largest absolute Gasteiger partial charge is 0.479 e. The van der Waals surface area contributed by atoms with Gasteiger partial charge in [-0.15, -0.1) is 5.10 Å². The van der Waals surface area contributed by atoms with Crippen LogP contribution in [0.4, 0.5) is 0 Å². The zero-order valence-electron chi connectivity index (χ0n) is 20.4. The van der Waals surface area contributed by atoms with E-state index in [1.165, 1.54) is 0 Å². The van der Waals surface area contributed by atoms with Crippen molar-refractivity contribution in [3.05, 3.63) is 69.5 Å². The monoisotopic (exact) mass is 537 g/mol. The topological polar surface area (TPSA) is 114 Å². The molecule has 1 unspecified atom stereocenters. The summed E-state index contributed by atoms with van der Waals surface area (Å²) in [6.45, 7) is 2.67. The molecule has 1 fully saturated rings. The maximum atomic E-state index is 12.2. The molecule has 1 saturated carbocycles. The van der Waals surface area contributed by atoms with Crippen molar-refractivity contribution in [3.8, 4) is 23.1 Å². The molecule has 1 aliphatic carbocycles. The van der Waals surface area contributed by atoms with Crippen molar-refractivity contribution < 1.29 is 9.53 Å². The van der Waals surface area contributed by atoms with Crippen molar-refractivity contribution in [3.63, 3.8) is 0 Å². The molecule has 4 aromatic rings. The first-order chi connectivity index (χ1) is 17.8. The summed E-state index contributed by atoms with van der Waals surface area (Å²) in [6, 6.07) is 7.46. The van der Waals surface area contributed by atoms with Gasteiger partial charge in [0.15, 0.2) is 5.82 Å². The number of aromatic nitrogens is 6. The molecule has 2 N–H and O–H groups in total. The van der Waals surface area contributed by atoms with E-state index in [1.54, 1.807) is 19.5 Å². The Bertz CT molecular complexity index is 1540. The van der Waals surface area contributed by atoms with Gasteiger partial charge in [0.1, 0.15) is 17.2 Å². The molecule has 1 aromatic carbocycles. The highest BCUT2D eigenvalue weighted by atomic mass is 35.5. The van der Waals surface area contributed by atoms with E-state index in [1.807, 2.05) is 40.6 Å². The Balaban J connectivity index is 1.39. The van der Waals surface area contributed by atoms with Crippen LogP contribution in [-0.2, 0) is 16.8 Å². The molecular weight excluding hydrogens is 513 g/mol. The lowest BCUT2D eigenvalue weighted by molar-refractivity contribution is -0.120. The fraction of sp³-hybridized carbons (Fsp3) is 0.346. The van der Waals surface area contributed by atoms with Crippen LogP contribution in [0.25, 0.3) is 17.2 Å². The second-order valence-corrected chi connectivity index (χ2v) is 10.5. The summed E-state index contributed by atoms with van der Waals surface area (Å²) >= 11 is 13.2. The third kappa shape index (κ3) is 3.97. The standard InChI is InChI=1S/C26H25Cl2N7O2/c1-14-12-34(13-30-14)21-6-5-20(31-24(21)37-2)22-32-23-15(4-3-9-35(23)33-22)16-10-17(19(28)11-18(16)27)26(7-8-26)25(29)36/h5-6,10-13,15H,3-4,7-9H2,1-2H3,(H2,29,36). The Morgan fingerprint density at radius 3 is 2.68 bits per heavy atom. The number of carbonyl (C=O) groups excluding carboxylic acids is 1. The van der Waals surface area contributed by atoms with Crippen molar-refractivity contribution in [1.82, 2.24) is 29.3 Å². The number of fused-ring (bicyclic) bond motifs is 1. The summed E-state index contributed by atoms with van der Waals surface area (Å²) in [5.41, 5.74) is 8.93. The van der Waals surface area contributed by atoms with Gasteiger partial charge in [-0.3, -0.25) is 4.79 Å². The van der Waals surface area contributed by atoms with Crippen LogP contribution in [0.5, 0.6) is 5.88 Å². The predicted octanol–water partition coefficient (Wildman–Crippen LogP) is 4.59. The number of hydrogen-bond acceptors (Lipinski definition) is 6. The molecule has 1 amide bonds. The Labute approximate surface area is 223 Å². The molecule has 1 atom stereocenters. The fourth-order valence-corrected chi connectivity index (χ4v) is 5.88. The fourth-order valence-electron chi connectivity index (χ4n) is 5.18. The van der Waals surface area contributed by atoms with E-state index in [4.69, 9.17) is 43.8 Å². The van der Waals surface area contributed by atoms with Crippen LogP contribution in [0.1, 0.15) is 54.2 Å². The van der Waals surface area contributed by atoms with E-state index in [-0.39, 0.29) is 11.8 Å². The lowest BCUT2D eigenvalue weighted by atomic mass is 9.86. The number of nitrogens with two attached hydrogens (primary N) is 1. The number of pyridine rings is 1. The number of primary amides is 1. The average Bonchev–Trinajstić information content (AvgIpc) is 3.39. The lowest BCUT2D eigenvalue weighted by Crippen LogP contribution is -2.29. The van der Waals surface area contributed by atoms with Crippen LogP contribution >= 0.6 is 23.2 Å². The van der Waals surface area contributed by atoms with Gasteiger partial charge in [0.25, 0.3) is 0 Å². The number of amides is 1. The van der Waals surface area contributed by atoms with Gasteiger partial charge in [-0.2, -0.15) is 0 Å². The third-order valence-electron chi connectivity index (χ3n) is 7.33. The minimum atomic E-state index is -0.708. The second-order valence-electron chi connectivity index (χ2n) is 9.66. The number of aryl methyl sites for hydroxylation is 2. The number of benzene rings is 1. The van der Waals surface area contributed by atoms with Crippen LogP contribution in [0.3, 0.4) is 0 Å². The highest BCUT2D eigenvalue weighted by Gasteiger charge is 2.51. The lowest BCUT2D eigenvalue weighted by Gasteiger charge is -2.25. The van der Waals surface area contributed by atoms with Crippen molar-refractivity contribution in [2.24, 2.45) is 5.73 Å². The molecular formula is C26H25Cl2N7O2. The number of nitrogens with zero attached hydrogens (tertiary/aromatic N) is 6. The molecule has 37 heavy (non-hydrogen) atoms. The van der Waals surface area contributed by atoms with Gasteiger partial charge in [0, 0.05) is 28.7 Å². The van der Waals surface area contributed by atoms with Gasteiger partial charge < -0.3 is 15.0 Å². The van der Waals surface area contributed by atoms with Crippen molar-refractivity contribution in [1.29, 1.82) is 0 Å². The SMILES string of the molecule is COc1nc(-c2nc3n(n2)CCCC3c2cc(C3(C(N)=O)CC3)c(Cl)cc2Cl)ccc1-n1cnc(C)c1. The van der Waals surface area contributed by atoms with Gasteiger partial charge >= 0.3 is 0 Å². The molecule has 6 rings (SSSR count). The molecule has 3 aromatic heterocycles. The maximum Gasteiger partial charge on any atom is 0.238 e. The van der Waals surface area contributed by atoms with Gasteiger partial charge in [0.2, 0.25) is 11.8 Å². The Morgan fingerprint density at radius 1 is 1.19 bits per heavy atom. The van der Waals surface area contributed by atoms with E-state index >= 15 is 0 Å². The van der Waals surface area contributed by atoms with Gasteiger partial charge in [-0.1, -0.05) is 29.3 Å². The summed E-state index contributed by atoms with van der Waals surface area (Å²) in [4.78, 5) is 26.1. The third-order valence-corrected chi connectivity index (χ3v) is 7.97. The summed E-state index contributed by atoms with van der Waals surface area (Å²) in [5, 5.41) is 5.77. The highest BCUT2D eigenvalue weighted by molar-refractivity contribution is 6.36. The van der Waals surface area contributed by atoms with Gasteiger partial charge in [0.05, 0.1) is 24.5 Å². The molecule has 9 nitrogen and oxygen atoms in total. The molecule has 0 radical (unpaired) electrons. The summed E-state index contributed by atoms with van der Waals surface area (Å²) < 4.78 is 9.35. The number of hydrogen-bond donors (Lipinski definition) is 1. The highest BCUT2D eigenvalue weighted by Crippen LogP contribution is 2.52. The maximum absolute atomic E-state index is 12.2. The number of ether oxygens (including phenoxy) is 1. The zero-order chi connectivity index (χ0) is 25.9. The molecule has 4 heterocycles. The first-order valence-electron chi connectivity index (χ1n) is 12.1. The minimum absolute atomic E-state index is 0.0997. The number of halogens is 2. The Kier molecular flexibility index (Phi) is 5.72. The minimum Gasteiger partial charge on any atom is -0.479 e. The number of methoxy groups -OCH3 is 1. The van der Waals surface area contributed by atoms with Crippen LogP contribution in [0, 0.1) is 6.92 Å². The molecule has 11 heteroatoms. The summed E-state index contributed by atoms with van der Waals surface area (Å²) in [5.74, 6) is 1.30. The van der Waals surface area contributed by atoms with E-state index < -0.39 is 5.41 Å². The summed E-state index contributed by atoms with van der Waals surface area (Å²) in [6.07, 6.45) is 6.77. The van der Waals surface area contributed by atoms with E-state index in [0.29, 0.717) is 40.3 Å². The van der Waals surface area contributed by atoms with Crippen molar-refractivity contribution in [2.75, 3.05) is 7.11 Å². The second kappa shape index (κ2) is 8.85. The molecule has 2 aliphatic rings. The van der Waals surface area contributed by atoms with Crippen molar-refractivity contribution in [2.45, 2.75) is 50.5 Å². The van der Waals surface area contributed by atoms with Crippen molar-refractivity contribution >= 4 is 29.1 Å². The normalized spacial score (nSPS) is 17.9. The number of rotatable bonds is 6. The van der Waals surface area contributed by atoms with Gasteiger partial charge in [-0.05, 0) is 61.9 Å². The van der Waals surface area contributed by atoms with Crippen LogP contribution in [-0.4, -0.2) is 42.3 Å². The Hall–Kier alpha value is -3.43. The van der Waals surface area contributed by atoms with Gasteiger partial charge in [-0.25, -0.2) is 19.6 Å². The quantitative estimate of drug-likeness (QED) is 0.384. The van der Waals surface area contributed by atoms with E-state index in [2.05, 4.69) is 9.97 Å². The van der Waals surface area contributed by atoms with Crippen LogP contribution in [0.2, 0.25) is 10.0 Å². The first kappa shape index (κ1) is 23.9. The number of carbonyl (C=O) groups is 1. The molecule has 0 spiro atoms. The smallest absolute Gasteiger partial charge is 0.238 e. The molecule has 0 saturated heterocycles. The Morgan fingerprint density at radius 2 is 2.00 bits per heavy atom. The predicted molar refractivity (Wildman–Crippen MR) is 139 cm³/mol.